The number of rotatable bonds is 1. The molecule has 0 aliphatic carbocycles. The van der Waals surface area contributed by atoms with Crippen LogP contribution in [-0.4, -0.2) is 14.8 Å². The number of aryl methyl sites for hydroxylation is 1. The van der Waals surface area contributed by atoms with Crippen LogP contribution in [0.5, 0.6) is 0 Å². The third-order valence-electron chi connectivity index (χ3n) is 2.21. The van der Waals surface area contributed by atoms with Gasteiger partial charge < -0.3 is 4.57 Å². The largest absolute Gasteiger partial charge is 0.314 e. The van der Waals surface area contributed by atoms with E-state index in [2.05, 4.69) is 10.2 Å². The van der Waals surface area contributed by atoms with Crippen molar-refractivity contribution in [1.82, 2.24) is 14.8 Å². The fraction of sp³-hybridized carbons (Fsp3) is 0.200. The maximum absolute atomic E-state index is 13.4. The Morgan fingerprint density at radius 3 is 2.50 bits per heavy atom. The molecule has 0 saturated heterocycles. The zero-order valence-electron chi connectivity index (χ0n) is 8.03. The lowest BCUT2D eigenvalue weighted by Crippen LogP contribution is -1.96. The van der Waals surface area contributed by atoms with Crippen molar-refractivity contribution in [3.8, 4) is 11.4 Å². The summed E-state index contributed by atoms with van der Waals surface area (Å²) in [5, 5.41) is 7.80. The quantitative estimate of drug-likeness (QED) is 0.689. The first-order valence-corrected chi connectivity index (χ1v) is 4.31. The van der Waals surface area contributed by atoms with Crippen molar-refractivity contribution in [3.05, 3.63) is 35.9 Å². The van der Waals surface area contributed by atoms with Crippen molar-refractivity contribution < 1.29 is 4.39 Å². The van der Waals surface area contributed by atoms with E-state index in [1.165, 1.54) is 6.07 Å². The van der Waals surface area contributed by atoms with Crippen molar-refractivity contribution >= 4 is 0 Å². The molecule has 2 rings (SSSR count). The Kier molecular flexibility index (Phi) is 2.04. The predicted octanol–water partition coefficient (Wildman–Crippen LogP) is 1.93. The molecule has 0 N–H and O–H groups in total. The topological polar surface area (TPSA) is 30.7 Å². The molecule has 1 aromatic heterocycles. The molecule has 0 amide bonds. The van der Waals surface area contributed by atoms with Crippen molar-refractivity contribution in [3.63, 3.8) is 0 Å². The lowest BCUT2D eigenvalue weighted by molar-refractivity contribution is 0.628. The Hall–Kier alpha value is -1.71. The molecule has 72 valence electrons. The smallest absolute Gasteiger partial charge is 0.166 e. The first-order chi connectivity index (χ1) is 6.70. The van der Waals surface area contributed by atoms with E-state index in [1.807, 2.05) is 14.0 Å². The SMILES string of the molecule is Cc1nnc(-c2ccccc2F)n1C. The molecule has 0 radical (unpaired) electrons. The first kappa shape index (κ1) is 8.87. The van der Waals surface area contributed by atoms with Crippen LogP contribution >= 0.6 is 0 Å². The van der Waals surface area contributed by atoms with Gasteiger partial charge in [0.05, 0.1) is 5.56 Å². The maximum Gasteiger partial charge on any atom is 0.166 e. The standard InChI is InChI=1S/C10H10FN3/c1-7-12-13-10(14(7)2)8-5-3-4-6-9(8)11/h3-6H,1-2H3. The Morgan fingerprint density at radius 1 is 1.21 bits per heavy atom. The molecule has 0 bridgehead atoms. The molecule has 1 heterocycles. The maximum atomic E-state index is 13.4. The van der Waals surface area contributed by atoms with Crippen LogP contribution in [0.2, 0.25) is 0 Å². The number of aromatic nitrogens is 3. The second kappa shape index (κ2) is 3.21. The van der Waals surface area contributed by atoms with Crippen LogP contribution < -0.4 is 0 Å². The fourth-order valence-electron chi connectivity index (χ4n) is 1.28. The van der Waals surface area contributed by atoms with Crippen molar-refractivity contribution in [1.29, 1.82) is 0 Å². The van der Waals surface area contributed by atoms with Gasteiger partial charge in [-0.25, -0.2) is 4.39 Å². The second-order valence-electron chi connectivity index (χ2n) is 3.11. The van der Waals surface area contributed by atoms with Gasteiger partial charge in [-0.2, -0.15) is 0 Å². The van der Waals surface area contributed by atoms with Crippen LogP contribution in [0.15, 0.2) is 24.3 Å². The highest BCUT2D eigenvalue weighted by molar-refractivity contribution is 5.55. The van der Waals surface area contributed by atoms with Crippen LogP contribution in [0.25, 0.3) is 11.4 Å². The monoisotopic (exact) mass is 191 g/mol. The summed E-state index contributed by atoms with van der Waals surface area (Å²) < 4.78 is 15.1. The van der Waals surface area contributed by atoms with Gasteiger partial charge in [0, 0.05) is 7.05 Å². The highest BCUT2D eigenvalue weighted by Crippen LogP contribution is 2.19. The number of halogens is 1. The van der Waals surface area contributed by atoms with E-state index < -0.39 is 0 Å². The molecule has 14 heavy (non-hydrogen) atoms. The number of benzene rings is 1. The average Bonchev–Trinajstić information content (AvgIpc) is 2.49. The Labute approximate surface area is 81.2 Å². The molecule has 0 atom stereocenters. The fourth-order valence-corrected chi connectivity index (χ4v) is 1.28. The molecule has 0 unspecified atom stereocenters. The third-order valence-corrected chi connectivity index (χ3v) is 2.21. The van der Waals surface area contributed by atoms with E-state index >= 15 is 0 Å². The van der Waals surface area contributed by atoms with Gasteiger partial charge in [0.2, 0.25) is 0 Å². The van der Waals surface area contributed by atoms with E-state index in [4.69, 9.17) is 0 Å². The lowest BCUT2D eigenvalue weighted by atomic mass is 10.2. The second-order valence-corrected chi connectivity index (χ2v) is 3.11. The van der Waals surface area contributed by atoms with Crippen LogP contribution in [0.4, 0.5) is 4.39 Å². The number of hydrogen-bond acceptors (Lipinski definition) is 2. The van der Waals surface area contributed by atoms with Crippen LogP contribution in [-0.2, 0) is 7.05 Å². The Morgan fingerprint density at radius 2 is 1.93 bits per heavy atom. The van der Waals surface area contributed by atoms with Crippen LogP contribution in [0, 0.1) is 12.7 Å². The average molecular weight is 191 g/mol. The molecule has 4 heteroatoms. The molecule has 0 spiro atoms. The van der Waals surface area contributed by atoms with Gasteiger partial charge in [0.25, 0.3) is 0 Å². The number of nitrogens with zero attached hydrogens (tertiary/aromatic N) is 3. The molecule has 0 aliphatic heterocycles. The van der Waals surface area contributed by atoms with Gasteiger partial charge in [-0.05, 0) is 19.1 Å². The van der Waals surface area contributed by atoms with Crippen molar-refractivity contribution in [2.45, 2.75) is 6.92 Å². The van der Waals surface area contributed by atoms with Crippen LogP contribution in [0.3, 0.4) is 0 Å². The van der Waals surface area contributed by atoms with E-state index in [9.17, 15) is 4.39 Å². The molecular formula is C10H10FN3. The van der Waals surface area contributed by atoms with E-state index in [1.54, 1.807) is 22.8 Å². The zero-order valence-corrected chi connectivity index (χ0v) is 8.03. The first-order valence-electron chi connectivity index (χ1n) is 4.31. The minimum Gasteiger partial charge on any atom is -0.314 e. The molecule has 2 aromatic rings. The Balaban J connectivity index is 2.60. The van der Waals surface area contributed by atoms with Gasteiger partial charge in [-0.15, -0.1) is 10.2 Å². The molecule has 0 saturated carbocycles. The summed E-state index contributed by atoms with van der Waals surface area (Å²) in [6.45, 7) is 1.83. The minimum absolute atomic E-state index is 0.275. The highest BCUT2D eigenvalue weighted by atomic mass is 19.1. The van der Waals surface area contributed by atoms with Crippen molar-refractivity contribution in [2.24, 2.45) is 7.05 Å². The molecule has 0 aliphatic rings. The highest BCUT2D eigenvalue weighted by Gasteiger charge is 2.10. The number of hydrogen-bond donors (Lipinski definition) is 0. The van der Waals surface area contributed by atoms with E-state index in [0.29, 0.717) is 11.4 Å². The zero-order chi connectivity index (χ0) is 10.1. The molecule has 1 aromatic carbocycles. The molecule has 0 fully saturated rings. The normalized spacial score (nSPS) is 10.5. The minimum atomic E-state index is -0.275. The van der Waals surface area contributed by atoms with E-state index in [0.717, 1.165) is 5.82 Å². The summed E-state index contributed by atoms with van der Waals surface area (Å²) in [6.07, 6.45) is 0. The summed E-state index contributed by atoms with van der Waals surface area (Å²) in [7, 11) is 1.82. The third kappa shape index (κ3) is 1.28. The van der Waals surface area contributed by atoms with Gasteiger partial charge in [0.15, 0.2) is 5.82 Å². The summed E-state index contributed by atoms with van der Waals surface area (Å²) in [4.78, 5) is 0. The van der Waals surface area contributed by atoms with E-state index in [-0.39, 0.29) is 5.82 Å². The molecule has 3 nitrogen and oxygen atoms in total. The summed E-state index contributed by atoms with van der Waals surface area (Å²) in [5.74, 6) is 1.05. The summed E-state index contributed by atoms with van der Waals surface area (Å²) >= 11 is 0. The van der Waals surface area contributed by atoms with Gasteiger partial charge in [0.1, 0.15) is 11.6 Å². The predicted molar refractivity (Wildman–Crippen MR) is 51.1 cm³/mol. The van der Waals surface area contributed by atoms with Gasteiger partial charge in [-0.3, -0.25) is 0 Å². The molecular weight excluding hydrogens is 181 g/mol. The van der Waals surface area contributed by atoms with Crippen molar-refractivity contribution in [2.75, 3.05) is 0 Å². The Bertz CT molecular complexity index is 462. The van der Waals surface area contributed by atoms with Gasteiger partial charge in [-0.1, -0.05) is 12.1 Å². The summed E-state index contributed by atoms with van der Waals surface area (Å²) in [6, 6.07) is 6.54. The summed E-state index contributed by atoms with van der Waals surface area (Å²) in [5.41, 5.74) is 0.482. The lowest BCUT2D eigenvalue weighted by Gasteiger charge is -2.02. The van der Waals surface area contributed by atoms with Crippen LogP contribution in [0.1, 0.15) is 5.82 Å². The van der Waals surface area contributed by atoms with Gasteiger partial charge >= 0.3 is 0 Å².